The van der Waals surface area contributed by atoms with Crippen LogP contribution >= 0.6 is 0 Å². The van der Waals surface area contributed by atoms with Crippen molar-refractivity contribution in [2.45, 2.75) is 28.5 Å². The zero-order valence-corrected chi connectivity index (χ0v) is 14.4. The summed E-state index contributed by atoms with van der Waals surface area (Å²) >= 11 is 0. The summed E-state index contributed by atoms with van der Waals surface area (Å²) < 4.78 is 76.1. The predicted molar refractivity (Wildman–Crippen MR) is 81.6 cm³/mol. The molecule has 0 saturated carbocycles. The van der Waals surface area contributed by atoms with E-state index < -0.39 is 36.6 Å². The highest BCUT2D eigenvalue weighted by molar-refractivity contribution is 7.91. The third kappa shape index (κ3) is 3.79. The summed E-state index contributed by atoms with van der Waals surface area (Å²) in [6, 6.07) is 3.03. The van der Waals surface area contributed by atoms with Gasteiger partial charge in [0, 0.05) is 24.8 Å². The molecule has 7 nitrogen and oxygen atoms in total. The van der Waals surface area contributed by atoms with Gasteiger partial charge in [0.2, 0.25) is 19.9 Å². The normalized spacial score (nSPS) is 14.0. The molecule has 0 radical (unpaired) electrons. The highest BCUT2D eigenvalue weighted by atomic mass is 32.2. The minimum Gasteiger partial charge on any atom is -0.275 e. The Morgan fingerprint density at radius 1 is 1.08 bits per heavy atom. The van der Waals surface area contributed by atoms with E-state index in [1.165, 1.54) is 10.9 Å². The van der Waals surface area contributed by atoms with Crippen LogP contribution in [0.4, 0.5) is 8.78 Å². The molecule has 0 amide bonds. The fourth-order valence-electron chi connectivity index (χ4n) is 1.94. The van der Waals surface area contributed by atoms with E-state index in [9.17, 15) is 25.6 Å². The number of sulfonamides is 1. The van der Waals surface area contributed by atoms with Crippen molar-refractivity contribution in [3.05, 3.63) is 42.2 Å². The first-order valence-corrected chi connectivity index (χ1v) is 9.70. The van der Waals surface area contributed by atoms with Gasteiger partial charge in [0.1, 0.15) is 0 Å². The number of aryl methyl sites for hydroxylation is 1. The SMILES string of the molecule is C[C@@H](NS(=O)(=O)c1ccc(S(=O)(=O)C(F)F)cc1)c1cnn(C)c1. The molecule has 2 rings (SSSR count). The number of aromatic nitrogens is 2. The maximum absolute atomic E-state index is 12.5. The first kappa shape index (κ1) is 18.5. The summed E-state index contributed by atoms with van der Waals surface area (Å²) in [5, 5.41) is 3.94. The van der Waals surface area contributed by atoms with Crippen molar-refractivity contribution in [1.82, 2.24) is 14.5 Å². The third-order valence-electron chi connectivity index (χ3n) is 3.25. The molecule has 0 saturated heterocycles. The van der Waals surface area contributed by atoms with Crippen LogP contribution in [-0.2, 0) is 26.9 Å². The summed E-state index contributed by atoms with van der Waals surface area (Å²) in [5.41, 5.74) is 0.637. The van der Waals surface area contributed by atoms with E-state index >= 15 is 0 Å². The van der Waals surface area contributed by atoms with Crippen molar-refractivity contribution in [3.8, 4) is 0 Å². The van der Waals surface area contributed by atoms with Crippen molar-refractivity contribution < 1.29 is 25.6 Å². The molecular formula is C13H15F2N3O4S2. The van der Waals surface area contributed by atoms with Crippen LogP contribution in [0.3, 0.4) is 0 Å². The number of alkyl halides is 2. The topological polar surface area (TPSA) is 98.1 Å². The molecule has 1 aromatic carbocycles. The molecule has 0 fully saturated rings. The van der Waals surface area contributed by atoms with E-state index in [2.05, 4.69) is 9.82 Å². The summed E-state index contributed by atoms with van der Waals surface area (Å²) in [7, 11) is -7.02. The Morgan fingerprint density at radius 2 is 1.62 bits per heavy atom. The predicted octanol–water partition coefficient (Wildman–Crippen LogP) is 1.46. The molecule has 132 valence electrons. The van der Waals surface area contributed by atoms with E-state index in [4.69, 9.17) is 0 Å². The summed E-state index contributed by atoms with van der Waals surface area (Å²) in [5.74, 6) is -3.57. The number of sulfone groups is 1. The minimum absolute atomic E-state index is 0.230. The monoisotopic (exact) mass is 379 g/mol. The maximum atomic E-state index is 12.5. The number of rotatable bonds is 6. The molecule has 1 N–H and O–H groups in total. The molecule has 0 aliphatic carbocycles. The van der Waals surface area contributed by atoms with Crippen LogP contribution in [0.1, 0.15) is 18.5 Å². The Balaban J connectivity index is 2.24. The first-order valence-electron chi connectivity index (χ1n) is 6.67. The number of hydrogen-bond acceptors (Lipinski definition) is 5. The van der Waals surface area contributed by atoms with Crippen LogP contribution in [0.25, 0.3) is 0 Å². The quantitative estimate of drug-likeness (QED) is 0.819. The van der Waals surface area contributed by atoms with Gasteiger partial charge in [0.25, 0.3) is 0 Å². The molecule has 0 bridgehead atoms. The van der Waals surface area contributed by atoms with Crippen LogP contribution in [0, 0.1) is 0 Å². The van der Waals surface area contributed by atoms with Crippen molar-refractivity contribution in [2.24, 2.45) is 7.05 Å². The second kappa shape index (κ2) is 6.57. The largest absolute Gasteiger partial charge is 0.341 e. The van der Waals surface area contributed by atoms with Crippen LogP contribution in [0.5, 0.6) is 0 Å². The lowest BCUT2D eigenvalue weighted by atomic mass is 10.2. The average molecular weight is 379 g/mol. The van der Waals surface area contributed by atoms with E-state index in [-0.39, 0.29) is 4.90 Å². The lowest BCUT2D eigenvalue weighted by Crippen LogP contribution is -2.26. The number of benzene rings is 1. The Bertz CT molecular complexity index is 922. The second-order valence-electron chi connectivity index (χ2n) is 5.07. The number of hydrogen-bond donors (Lipinski definition) is 1. The Morgan fingerprint density at radius 3 is 2.08 bits per heavy atom. The zero-order chi connectivity index (χ0) is 18.1. The van der Waals surface area contributed by atoms with Crippen molar-refractivity contribution in [3.63, 3.8) is 0 Å². The minimum atomic E-state index is -4.76. The van der Waals surface area contributed by atoms with Crippen LogP contribution in [-0.4, -0.2) is 32.4 Å². The van der Waals surface area contributed by atoms with Gasteiger partial charge >= 0.3 is 5.76 Å². The molecule has 0 aliphatic rings. The van der Waals surface area contributed by atoms with Crippen LogP contribution in [0.15, 0.2) is 46.5 Å². The molecule has 11 heteroatoms. The fraction of sp³-hybridized carbons (Fsp3) is 0.308. The van der Waals surface area contributed by atoms with Gasteiger partial charge in [-0.05, 0) is 31.2 Å². The van der Waals surface area contributed by atoms with E-state index in [0.717, 1.165) is 24.3 Å². The molecule has 0 unspecified atom stereocenters. The van der Waals surface area contributed by atoms with E-state index in [1.54, 1.807) is 20.2 Å². The standard InChI is InChI=1S/C13H15F2N3O4S2/c1-9(10-7-16-18(2)8-10)17-24(21,22)12-5-3-11(4-6-12)23(19,20)13(14)15/h3-9,13,17H,1-2H3/t9-/m1/s1. The summed E-state index contributed by atoms with van der Waals surface area (Å²) in [6.07, 6.45) is 3.15. The molecule has 2 aromatic rings. The van der Waals surface area contributed by atoms with Gasteiger partial charge in [-0.15, -0.1) is 0 Å². The Labute approximate surface area is 138 Å². The van der Waals surface area contributed by atoms with Crippen molar-refractivity contribution >= 4 is 19.9 Å². The van der Waals surface area contributed by atoms with Gasteiger partial charge < -0.3 is 0 Å². The van der Waals surface area contributed by atoms with Gasteiger partial charge in [-0.25, -0.2) is 21.6 Å². The van der Waals surface area contributed by atoms with Gasteiger partial charge in [-0.3, -0.25) is 4.68 Å². The maximum Gasteiger partial charge on any atom is 0.341 e. The summed E-state index contributed by atoms with van der Waals surface area (Å²) in [6.45, 7) is 1.62. The van der Waals surface area contributed by atoms with Crippen LogP contribution in [0.2, 0.25) is 0 Å². The smallest absolute Gasteiger partial charge is 0.275 e. The molecule has 0 spiro atoms. The lowest BCUT2D eigenvalue weighted by Gasteiger charge is -2.13. The third-order valence-corrected chi connectivity index (χ3v) is 6.21. The van der Waals surface area contributed by atoms with Gasteiger partial charge in [0.05, 0.1) is 16.0 Å². The molecule has 1 heterocycles. The highest BCUT2D eigenvalue weighted by Crippen LogP contribution is 2.21. The van der Waals surface area contributed by atoms with E-state index in [1.807, 2.05) is 0 Å². The van der Waals surface area contributed by atoms with Crippen molar-refractivity contribution in [2.75, 3.05) is 0 Å². The van der Waals surface area contributed by atoms with Crippen molar-refractivity contribution in [1.29, 1.82) is 0 Å². The fourth-order valence-corrected chi connectivity index (χ4v) is 3.90. The van der Waals surface area contributed by atoms with Gasteiger partial charge in [0.15, 0.2) is 0 Å². The molecule has 24 heavy (non-hydrogen) atoms. The second-order valence-corrected chi connectivity index (χ2v) is 8.70. The number of halogens is 2. The Hall–Kier alpha value is -1.85. The number of nitrogens with one attached hydrogen (secondary N) is 1. The first-order chi connectivity index (χ1) is 11.0. The molecule has 1 aromatic heterocycles. The number of nitrogens with zero attached hydrogens (tertiary/aromatic N) is 2. The molecular weight excluding hydrogens is 364 g/mol. The van der Waals surface area contributed by atoms with Crippen LogP contribution < -0.4 is 4.72 Å². The molecule has 0 aliphatic heterocycles. The lowest BCUT2D eigenvalue weighted by molar-refractivity contribution is 0.234. The average Bonchev–Trinajstić information content (AvgIpc) is 2.93. The van der Waals surface area contributed by atoms with Gasteiger partial charge in [-0.1, -0.05) is 0 Å². The van der Waals surface area contributed by atoms with Gasteiger partial charge in [-0.2, -0.15) is 13.9 Å². The van der Waals surface area contributed by atoms with E-state index in [0.29, 0.717) is 5.56 Å². The molecule has 1 atom stereocenters. The zero-order valence-electron chi connectivity index (χ0n) is 12.7. The summed E-state index contributed by atoms with van der Waals surface area (Å²) in [4.78, 5) is -0.872. The highest BCUT2D eigenvalue weighted by Gasteiger charge is 2.27. The Kier molecular flexibility index (Phi) is 5.06.